The number of hydrogen-bond donors (Lipinski definition) is 1. The Balaban J connectivity index is 2.30. The molecule has 0 amide bonds. The minimum atomic E-state index is -0.255. The van der Waals surface area contributed by atoms with Crippen LogP contribution in [-0.2, 0) is 11.2 Å². The number of hydrogen-bond acceptors (Lipinski definition) is 2. The van der Waals surface area contributed by atoms with Crippen LogP contribution in [0, 0.1) is 5.41 Å². The lowest BCUT2D eigenvalue weighted by Gasteiger charge is -2.30. The van der Waals surface area contributed by atoms with Gasteiger partial charge in [0.05, 0.1) is 12.7 Å². The van der Waals surface area contributed by atoms with Crippen molar-refractivity contribution in [2.75, 3.05) is 13.2 Å². The number of aliphatic hydroxyl groups excluding tert-OH is 1. The first-order valence-corrected chi connectivity index (χ1v) is 6.50. The Labute approximate surface area is 111 Å². The maximum absolute atomic E-state index is 9.66. The van der Waals surface area contributed by atoms with Crippen molar-refractivity contribution in [2.24, 2.45) is 5.41 Å². The SMILES string of the molecule is CC1OCCC1(CO)Cc1c(Cl)cccc1Cl. The van der Waals surface area contributed by atoms with Crippen molar-refractivity contribution < 1.29 is 9.84 Å². The Bertz CT molecular complexity index is 388. The standard InChI is InChI=1S/C13H16Cl2O2/c1-9-13(8-16,5-6-17-9)7-10-11(14)3-2-4-12(10)15/h2-4,9,16H,5-8H2,1H3. The number of benzene rings is 1. The van der Waals surface area contributed by atoms with Crippen molar-refractivity contribution in [1.29, 1.82) is 0 Å². The van der Waals surface area contributed by atoms with Crippen LogP contribution in [0.5, 0.6) is 0 Å². The molecule has 1 fully saturated rings. The molecular formula is C13H16Cl2O2. The van der Waals surface area contributed by atoms with Crippen molar-refractivity contribution >= 4 is 23.2 Å². The van der Waals surface area contributed by atoms with E-state index in [1.165, 1.54) is 0 Å². The molecule has 0 bridgehead atoms. The summed E-state index contributed by atoms with van der Waals surface area (Å²) in [5, 5.41) is 11.0. The summed E-state index contributed by atoms with van der Waals surface area (Å²) in [6, 6.07) is 5.48. The fourth-order valence-electron chi connectivity index (χ4n) is 2.37. The highest BCUT2D eigenvalue weighted by atomic mass is 35.5. The summed E-state index contributed by atoms with van der Waals surface area (Å²) in [5.41, 5.74) is 0.650. The second-order valence-corrected chi connectivity index (χ2v) is 5.47. The smallest absolute Gasteiger partial charge is 0.0629 e. The van der Waals surface area contributed by atoms with Crippen LogP contribution in [0.15, 0.2) is 18.2 Å². The number of ether oxygens (including phenoxy) is 1. The lowest BCUT2D eigenvalue weighted by Crippen LogP contribution is -2.35. The summed E-state index contributed by atoms with van der Waals surface area (Å²) in [7, 11) is 0. The summed E-state index contributed by atoms with van der Waals surface area (Å²) >= 11 is 12.3. The largest absolute Gasteiger partial charge is 0.396 e. The maximum Gasteiger partial charge on any atom is 0.0629 e. The Morgan fingerprint density at radius 3 is 2.53 bits per heavy atom. The number of rotatable bonds is 3. The Morgan fingerprint density at radius 1 is 1.41 bits per heavy atom. The molecule has 2 unspecified atom stereocenters. The molecule has 2 rings (SSSR count). The highest BCUT2D eigenvalue weighted by Gasteiger charge is 2.41. The zero-order chi connectivity index (χ0) is 12.5. The summed E-state index contributed by atoms with van der Waals surface area (Å²) in [5.74, 6) is 0. The van der Waals surface area contributed by atoms with Gasteiger partial charge < -0.3 is 9.84 Å². The van der Waals surface area contributed by atoms with Gasteiger partial charge in [0.25, 0.3) is 0 Å². The summed E-state index contributed by atoms with van der Waals surface area (Å²) in [6.07, 6.45) is 1.52. The molecule has 1 saturated heterocycles. The van der Waals surface area contributed by atoms with E-state index in [0.29, 0.717) is 23.1 Å². The third-order valence-corrected chi connectivity index (χ3v) is 4.44. The first kappa shape index (κ1) is 13.2. The molecular weight excluding hydrogens is 259 g/mol. The summed E-state index contributed by atoms with van der Waals surface area (Å²) < 4.78 is 5.57. The molecule has 4 heteroatoms. The lowest BCUT2D eigenvalue weighted by atomic mass is 9.77. The quantitative estimate of drug-likeness (QED) is 0.916. The van der Waals surface area contributed by atoms with Crippen LogP contribution >= 0.6 is 23.2 Å². The molecule has 1 aromatic rings. The van der Waals surface area contributed by atoms with Crippen molar-refractivity contribution in [3.05, 3.63) is 33.8 Å². The van der Waals surface area contributed by atoms with Gasteiger partial charge in [-0.25, -0.2) is 0 Å². The zero-order valence-electron chi connectivity index (χ0n) is 9.75. The van der Waals surface area contributed by atoms with Gasteiger partial charge in [-0.3, -0.25) is 0 Å². The van der Waals surface area contributed by atoms with Gasteiger partial charge in [-0.15, -0.1) is 0 Å². The van der Waals surface area contributed by atoms with Crippen molar-refractivity contribution in [3.8, 4) is 0 Å². The molecule has 1 N–H and O–H groups in total. The zero-order valence-corrected chi connectivity index (χ0v) is 11.3. The lowest BCUT2D eigenvalue weighted by molar-refractivity contribution is 0.0272. The highest BCUT2D eigenvalue weighted by molar-refractivity contribution is 6.36. The van der Waals surface area contributed by atoms with Gasteiger partial charge in [-0.05, 0) is 37.5 Å². The molecule has 1 aliphatic rings. The first-order valence-electron chi connectivity index (χ1n) is 5.74. The molecule has 0 aromatic heterocycles. The molecule has 0 spiro atoms. The molecule has 1 aromatic carbocycles. The van der Waals surface area contributed by atoms with E-state index < -0.39 is 0 Å². The van der Waals surface area contributed by atoms with Gasteiger partial charge in [0.1, 0.15) is 0 Å². The van der Waals surface area contributed by atoms with Gasteiger partial charge in [0, 0.05) is 22.1 Å². The van der Waals surface area contributed by atoms with E-state index in [1.54, 1.807) is 0 Å². The van der Waals surface area contributed by atoms with Gasteiger partial charge in [-0.2, -0.15) is 0 Å². The summed E-state index contributed by atoms with van der Waals surface area (Å²) in [4.78, 5) is 0. The van der Waals surface area contributed by atoms with E-state index in [2.05, 4.69) is 0 Å². The molecule has 0 radical (unpaired) electrons. The van der Waals surface area contributed by atoms with E-state index in [1.807, 2.05) is 25.1 Å². The average molecular weight is 275 g/mol. The van der Waals surface area contributed by atoms with Crippen LogP contribution in [-0.4, -0.2) is 24.4 Å². The van der Waals surface area contributed by atoms with Crippen LogP contribution < -0.4 is 0 Å². The van der Waals surface area contributed by atoms with Crippen LogP contribution in [0.4, 0.5) is 0 Å². The second-order valence-electron chi connectivity index (χ2n) is 4.66. The molecule has 0 aliphatic carbocycles. The van der Waals surface area contributed by atoms with Crippen LogP contribution in [0.2, 0.25) is 10.0 Å². The maximum atomic E-state index is 9.66. The van der Waals surface area contributed by atoms with E-state index in [9.17, 15) is 5.11 Å². The second kappa shape index (κ2) is 5.15. The van der Waals surface area contributed by atoms with Crippen LogP contribution in [0.3, 0.4) is 0 Å². The van der Waals surface area contributed by atoms with Crippen LogP contribution in [0.1, 0.15) is 18.9 Å². The van der Waals surface area contributed by atoms with E-state index in [-0.39, 0.29) is 18.1 Å². The molecule has 17 heavy (non-hydrogen) atoms. The number of aliphatic hydroxyl groups is 1. The predicted molar refractivity (Wildman–Crippen MR) is 69.7 cm³/mol. The first-order chi connectivity index (χ1) is 8.09. The van der Waals surface area contributed by atoms with Crippen molar-refractivity contribution in [1.82, 2.24) is 0 Å². The monoisotopic (exact) mass is 274 g/mol. The van der Waals surface area contributed by atoms with Crippen LogP contribution in [0.25, 0.3) is 0 Å². The predicted octanol–water partition coefficient (Wildman–Crippen LogP) is 3.32. The minimum Gasteiger partial charge on any atom is -0.396 e. The fourth-order valence-corrected chi connectivity index (χ4v) is 2.90. The fraction of sp³-hybridized carbons (Fsp3) is 0.538. The Kier molecular flexibility index (Phi) is 3.99. The average Bonchev–Trinajstić information content (AvgIpc) is 2.66. The minimum absolute atomic E-state index is 0.0276. The van der Waals surface area contributed by atoms with E-state index >= 15 is 0 Å². The van der Waals surface area contributed by atoms with Gasteiger partial charge in [-0.1, -0.05) is 29.3 Å². The van der Waals surface area contributed by atoms with Gasteiger partial charge in [0.15, 0.2) is 0 Å². The normalized spacial score (nSPS) is 28.6. The third kappa shape index (κ3) is 2.45. The Hall–Kier alpha value is -0.280. The van der Waals surface area contributed by atoms with Gasteiger partial charge >= 0.3 is 0 Å². The third-order valence-electron chi connectivity index (χ3n) is 3.74. The number of halogens is 2. The van der Waals surface area contributed by atoms with Gasteiger partial charge in [0.2, 0.25) is 0 Å². The molecule has 2 atom stereocenters. The Morgan fingerprint density at radius 2 is 2.06 bits per heavy atom. The summed E-state index contributed by atoms with van der Waals surface area (Å²) in [6.45, 7) is 2.77. The molecule has 94 valence electrons. The van der Waals surface area contributed by atoms with E-state index in [4.69, 9.17) is 27.9 Å². The molecule has 2 nitrogen and oxygen atoms in total. The van der Waals surface area contributed by atoms with Crippen molar-refractivity contribution in [3.63, 3.8) is 0 Å². The molecule has 1 heterocycles. The molecule has 0 saturated carbocycles. The van der Waals surface area contributed by atoms with Crippen molar-refractivity contribution in [2.45, 2.75) is 25.9 Å². The van der Waals surface area contributed by atoms with E-state index in [0.717, 1.165) is 12.0 Å². The highest BCUT2D eigenvalue weighted by Crippen LogP contribution is 2.40. The molecule has 1 aliphatic heterocycles. The topological polar surface area (TPSA) is 29.5 Å².